The number of rotatable bonds is 8. The highest BCUT2D eigenvalue weighted by atomic mass is 127. The van der Waals surface area contributed by atoms with Crippen LogP contribution in [0.15, 0.2) is 53.5 Å². The molecular formula is C20H26F3IN4O. The minimum absolute atomic E-state index is 0. The van der Waals surface area contributed by atoms with E-state index in [0.717, 1.165) is 29.9 Å². The number of aliphatic imine (C=N–C) groups is 1. The van der Waals surface area contributed by atoms with Gasteiger partial charge in [-0.05, 0) is 35.4 Å². The number of methoxy groups -OCH3 is 1. The molecule has 2 rings (SSSR count). The standard InChI is InChI=1S/C20H25F3N4O.HI/c1-24-19(27-14-16-4-3-5-17(12-16)20(21,22)23)26-13-15-6-8-18(9-7-15)25-10-11-28-2;/h3-9,12,25H,10-11,13-14H2,1-2H3,(H2,24,26,27);1H. The molecule has 0 aliphatic carbocycles. The number of benzene rings is 2. The molecule has 0 bridgehead atoms. The third-order valence-electron chi connectivity index (χ3n) is 3.99. The van der Waals surface area contributed by atoms with E-state index in [-0.39, 0.29) is 30.5 Å². The summed E-state index contributed by atoms with van der Waals surface area (Å²) in [6.45, 7) is 2.16. The van der Waals surface area contributed by atoms with Crippen molar-refractivity contribution in [2.75, 3.05) is 32.6 Å². The minimum atomic E-state index is -4.35. The summed E-state index contributed by atoms with van der Waals surface area (Å²) in [5.41, 5.74) is 1.94. The van der Waals surface area contributed by atoms with E-state index < -0.39 is 11.7 Å². The molecule has 0 heterocycles. The van der Waals surface area contributed by atoms with Gasteiger partial charge < -0.3 is 20.7 Å². The van der Waals surface area contributed by atoms with Gasteiger partial charge in [-0.3, -0.25) is 4.99 Å². The Morgan fingerprint density at radius 3 is 2.24 bits per heavy atom. The van der Waals surface area contributed by atoms with E-state index >= 15 is 0 Å². The maximum atomic E-state index is 12.8. The smallest absolute Gasteiger partial charge is 0.383 e. The monoisotopic (exact) mass is 522 g/mol. The molecule has 0 aliphatic heterocycles. The Kier molecular flexibility index (Phi) is 10.8. The zero-order valence-electron chi connectivity index (χ0n) is 16.3. The summed E-state index contributed by atoms with van der Waals surface area (Å²) in [6.07, 6.45) is -4.35. The maximum Gasteiger partial charge on any atom is 0.416 e. The highest BCUT2D eigenvalue weighted by Gasteiger charge is 2.30. The molecule has 29 heavy (non-hydrogen) atoms. The van der Waals surface area contributed by atoms with Crippen molar-refractivity contribution in [2.24, 2.45) is 4.99 Å². The van der Waals surface area contributed by atoms with Gasteiger partial charge in [-0.25, -0.2) is 0 Å². The van der Waals surface area contributed by atoms with Gasteiger partial charge in [0.25, 0.3) is 0 Å². The number of hydrogen-bond acceptors (Lipinski definition) is 3. The van der Waals surface area contributed by atoms with E-state index in [0.29, 0.717) is 24.7 Å². The fourth-order valence-corrected chi connectivity index (χ4v) is 2.49. The number of ether oxygens (including phenoxy) is 1. The van der Waals surface area contributed by atoms with Crippen LogP contribution in [-0.4, -0.2) is 33.3 Å². The molecule has 0 amide bonds. The lowest BCUT2D eigenvalue weighted by molar-refractivity contribution is -0.137. The first kappa shape index (κ1) is 25.0. The van der Waals surface area contributed by atoms with Crippen LogP contribution >= 0.6 is 24.0 Å². The van der Waals surface area contributed by atoms with Crippen LogP contribution in [0.2, 0.25) is 0 Å². The molecule has 0 radical (unpaired) electrons. The molecule has 0 saturated carbocycles. The summed E-state index contributed by atoms with van der Waals surface area (Å²) < 4.78 is 43.4. The highest BCUT2D eigenvalue weighted by molar-refractivity contribution is 14.0. The van der Waals surface area contributed by atoms with Crippen LogP contribution in [0.3, 0.4) is 0 Å². The predicted molar refractivity (Wildman–Crippen MR) is 121 cm³/mol. The number of anilines is 1. The zero-order valence-corrected chi connectivity index (χ0v) is 18.7. The zero-order chi connectivity index (χ0) is 20.4. The number of hydrogen-bond donors (Lipinski definition) is 3. The van der Waals surface area contributed by atoms with Crippen LogP contribution in [0.5, 0.6) is 0 Å². The molecule has 9 heteroatoms. The van der Waals surface area contributed by atoms with Gasteiger partial charge in [-0.15, -0.1) is 24.0 Å². The lowest BCUT2D eigenvalue weighted by Crippen LogP contribution is -2.36. The SMILES string of the molecule is CN=C(NCc1ccc(NCCOC)cc1)NCc1cccc(C(F)(F)F)c1.I. The second-order valence-corrected chi connectivity index (χ2v) is 6.09. The van der Waals surface area contributed by atoms with Crippen LogP contribution in [0.25, 0.3) is 0 Å². The van der Waals surface area contributed by atoms with Crippen LogP contribution in [0.1, 0.15) is 16.7 Å². The lowest BCUT2D eigenvalue weighted by atomic mass is 10.1. The van der Waals surface area contributed by atoms with E-state index in [1.807, 2.05) is 24.3 Å². The summed E-state index contributed by atoms with van der Waals surface area (Å²) in [7, 11) is 3.27. The summed E-state index contributed by atoms with van der Waals surface area (Å²) >= 11 is 0. The first-order valence-corrected chi connectivity index (χ1v) is 8.85. The van der Waals surface area contributed by atoms with Gasteiger partial charge >= 0.3 is 6.18 Å². The Morgan fingerprint density at radius 1 is 1.00 bits per heavy atom. The molecule has 5 nitrogen and oxygen atoms in total. The summed E-state index contributed by atoms with van der Waals surface area (Å²) in [6, 6.07) is 13.2. The van der Waals surface area contributed by atoms with Crippen LogP contribution in [-0.2, 0) is 24.0 Å². The Hall–Kier alpha value is -2.01. The second kappa shape index (κ2) is 12.5. The number of nitrogens with one attached hydrogen (secondary N) is 3. The first-order valence-electron chi connectivity index (χ1n) is 8.85. The Balaban J connectivity index is 0.00000420. The highest BCUT2D eigenvalue weighted by Crippen LogP contribution is 2.29. The fourth-order valence-electron chi connectivity index (χ4n) is 2.49. The van der Waals surface area contributed by atoms with Crippen molar-refractivity contribution in [3.8, 4) is 0 Å². The van der Waals surface area contributed by atoms with Gasteiger partial charge in [0.2, 0.25) is 0 Å². The van der Waals surface area contributed by atoms with Crippen molar-refractivity contribution in [1.82, 2.24) is 10.6 Å². The number of alkyl halides is 3. The molecule has 2 aromatic rings. The van der Waals surface area contributed by atoms with Crippen LogP contribution in [0.4, 0.5) is 18.9 Å². The molecule has 0 aromatic heterocycles. The van der Waals surface area contributed by atoms with Crippen molar-refractivity contribution in [2.45, 2.75) is 19.3 Å². The molecule has 3 N–H and O–H groups in total. The Morgan fingerprint density at radius 2 is 1.66 bits per heavy atom. The third kappa shape index (κ3) is 8.90. The van der Waals surface area contributed by atoms with Gasteiger partial charge in [0, 0.05) is 39.5 Å². The number of guanidine groups is 1. The maximum absolute atomic E-state index is 12.8. The third-order valence-corrected chi connectivity index (χ3v) is 3.99. The van der Waals surface area contributed by atoms with Crippen molar-refractivity contribution in [3.63, 3.8) is 0 Å². The molecular weight excluding hydrogens is 496 g/mol. The molecule has 0 unspecified atom stereocenters. The van der Waals surface area contributed by atoms with Gasteiger partial charge in [-0.2, -0.15) is 13.2 Å². The van der Waals surface area contributed by atoms with E-state index in [2.05, 4.69) is 20.9 Å². The molecule has 0 atom stereocenters. The molecule has 0 aliphatic rings. The van der Waals surface area contributed by atoms with E-state index in [4.69, 9.17) is 4.74 Å². The number of halogens is 4. The van der Waals surface area contributed by atoms with Crippen molar-refractivity contribution in [3.05, 3.63) is 65.2 Å². The molecule has 0 saturated heterocycles. The summed E-state index contributed by atoms with van der Waals surface area (Å²) in [5.74, 6) is 0.514. The van der Waals surface area contributed by atoms with Gasteiger partial charge in [0.05, 0.1) is 12.2 Å². The molecule has 0 spiro atoms. The lowest BCUT2D eigenvalue weighted by Gasteiger charge is -2.13. The van der Waals surface area contributed by atoms with Crippen molar-refractivity contribution >= 4 is 35.6 Å². The van der Waals surface area contributed by atoms with Crippen molar-refractivity contribution in [1.29, 1.82) is 0 Å². The van der Waals surface area contributed by atoms with Gasteiger partial charge in [0.1, 0.15) is 0 Å². The normalized spacial score (nSPS) is 11.6. The predicted octanol–water partition coefficient (Wildman–Crippen LogP) is 4.25. The van der Waals surface area contributed by atoms with Crippen LogP contribution in [0, 0.1) is 0 Å². The largest absolute Gasteiger partial charge is 0.416 e. The number of nitrogens with zero attached hydrogens (tertiary/aromatic N) is 1. The van der Waals surface area contributed by atoms with E-state index in [1.165, 1.54) is 6.07 Å². The Labute approximate surface area is 186 Å². The molecule has 160 valence electrons. The average molecular weight is 522 g/mol. The van der Waals surface area contributed by atoms with Crippen molar-refractivity contribution < 1.29 is 17.9 Å². The van der Waals surface area contributed by atoms with E-state index in [1.54, 1.807) is 20.2 Å². The van der Waals surface area contributed by atoms with Gasteiger partial charge in [0.15, 0.2) is 5.96 Å². The second-order valence-electron chi connectivity index (χ2n) is 6.09. The minimum Gasteiger partial charge on any atom is -0.383 e. The quantitative estimate of drug-likeness (QED) is 0.210. The Bertz CT molecular complexity index is 767. The summed E-state index contributed by atoms with van der Waals surface area (Å²) in [4.78, 5) is 4.10. The first-order chi connectivity index (χ1) is 13.4. The van der Waals surface area contributed by atoms with Crippen LogP contribution < -0.4 is 16.0 Å². The molecule has 2 aromatic carbocycles. The van der Waals surface area contributed by atoms with E-state index in [9.17, 15) is 13.2 Å². The fraction of sp³-hybridized carbons (Fsp3) is 0.350. The molecule has 0 fully saturated rings. The average Bonchev–Trinajstić information content (AvgIpc) is 2.69. The summed E-state index contributed by atoms with van der Waals surface area (Å²) in [5, 5.41) is 9.42. The van der Waals surface area contributed by atoms with Gasteiger partial charge in [-0.1, -0.05) is 24.3 Å². The topological polar surface area (TPSA) is 57.7 Å².